The second-order valence-corrected chi connectivity index (χ2v) is 3.97. The van der Waals surface area contributed by atoms with Crippen LogP contribution in [0.3, 0.4) is 0 Å². The summed E-state index contributed by atoms with van der Waals surface area (Å²) in [5.41, 5.74) is 0. The maximum atomic E-state index is 5.46. The second kappa shape index (κ2) is 7.86. The van der Waals surface area contributed by atoms with Gasteiger partial charge in [0, 0.05) is 6.54 Å². The third-order valence-electron chi connectivity index (χ3n) is 2.60. The van der Waals surface area contributed by atoms with E-state index < -0.39 is 0 Å². The van der Waals surface area contributed by atoms with Crippen LogP contribution in [0.4, 0.5) is 0 Å². The van der Waals surface area contributed by atoms with E-state index in [1.54, 1.807) is 0 Å². The van der Waals surface area contributed by atoms with Gasteiger partial charge in [0.2, 0.25) is 0 Å². The lowest BCUT2D eigenvalue weighted by Gasteiger charge is -2.19. The molecule has 0 amide bonds. The molecule has 0 bridgehead atoms. The number of rotatable bonds is 7. The second-order valence-electron chi connectivity index (χ2n) is 3.97. The van der Waals surface area contributed by atoms with Gasteiger partial charge in [0.1, 0.15) is 6.10 Å². The van der Waals surface area contributed by atoms with Gasteiger partial charge in [-0.15, -0.1) is 0 Å². The minimum Gasteiger partial charge on any atom is -0.497 e. The molecule has 0 aromatic rings. The van der Waals surface area contributed by atoms with E-state index in [1.807, 2.05) is 6.26 Å². The molecule has 0 aromatic heterocycles. The first-order chi connectivity index (χ1) is 6.93. The van der Waals surface area contributed by atoms with Crippen molar-refractivity contribution in [3.8, 4) is 0 Å². The number of allylic oxidation sites excluding steroid dienone is 1. The molecule has 0 fully saturated rings. The van der Waals surface area contributed by atoms with E-state index in [2.05, 4.69) is 18.3 Å². The summed E-state index contributed by atoms with van der Waals surface area (Å²) in [4.78, 5) is 0. The number of hydrogen-bond donors (Lipinski definition) is 1. The Balaban J connectivity index is 1.86. The van der Waals surface area contributed by atoms with Crippen LogP contribution in [-0.4, -0.2) is 19.2 Å². The molecule has 1 atom stereocenters. The van der Waals surface area contributed by atoms with Crippen LogP contribution < -0.4 is 5.32 Å². The van der Waals surface area contributed by atoms with E-state index in [9.17, 15) is 0 Å². The lowest BCUT2D eigenvalue weighted by atomic mass is 10.1. The fourth-order valence-corrected chi connectivity index (χ4v) is 1.67. The highest BCUT2D eigenvalue weighted by atomic mass is 16.5. The summed E-state index contributed by atoms with van der Waals surface area (Å²) >= 11 is 0. The van der Waals surface area contributed by atoms with Gasteiger partial charge in [0.05, 0.1) is 6.26 Å². The first-order valence-corrected chi connectivity index (χ1v) is 5.94. The van der Waals surface area contributed by atoms with Crippen molar-refractivity contribution in [3.63, 3.8) is 0 Å². The summed E-state index contributed by atoms with van der Waals surface area (Å²) < 4.78 is 5.46. The van der Waals surface area contributed by atoms with Crippen molar-refractivity contribution in [2.24, 2.45) is 0 Å². The topological polar surface area (TPSA) is 21.3 Å². The molecule has 2 heteroatoms. The predicted molar refractivity (Wildman–Crippen MR) is 60.3 cm³/mol. The summed E-state index contributed by atoms with van der Waals surface area (Å²) in [6.07, 6.45) is 12.0. The number of unbranched alkanes of at least 4 members (excludes halogenated alkanes) is 3. The number of nitrogens with one attached hydrogen (secondary N) is 1. The Labute approximate surface area is 87.7 Å². The molecular weight excluding hydrogens is 174 g/mol. The van der Waals surface area contributed by atoms with Crippen molar-refractivity contribution in [3.05, 3.63) is 12.3 Å². The van der Waals surface area contributed by atoms with Crippen molar-refractivity contribution in [2.75, 3.05) is 13.1 Å². The van der Waals surface area contributed by atoms with E-state index in [0.29, 0.717) is 6.10 Å². The van der Waals surface area contributed by atoms with E-state index in [4.69, 9.17) is 4.74 Å². The Kier molecular flexibility index (Phi) is 6.50. The van der Waals surface area contributed by atoms with Gasteiger partial charge in [-0.25, -0.2) is 0 Å². The molecular formula is C12H23NO. The highest BCUT2D eigenvalue weighted by Crippen LogP contribution is 2.08. The largest absolute Gasteiger partial charge is 0.497 e. The smallest absolute Gasteiger partial charge is 0.110 e. The van der Waals surface area contributed by atoms with Crippen LogP contribution >= 0.6 is 0 Å². The van der Waals surface area contributed by atoms with Crippen molar-refractivity contribution < 1.29 is 4.74 Å². The molecule has 1 N–H and O–H groups in total. The molecule has 82 valence electrons. The summed E-state index contributed by atoms with van der Waals surface area (Å²) in [7, 11) is 0. The van der Waals surface area contributed by atoms with Gasteiger partial charge in [0.25, 0.3) is 0 Å². The maximum absolute atomic E-state index is 5.46. The van der Waals surface area contributed by atoms with Crippen molar-refractivity contribution in [1.82, 2.24) is 5.32 Å². The minimum atomic E-state index is 0.408. The Morgan fingerprint density at radius 1 is 1.36 bits per heavy atom. The molecule has 1 aliphatic heterocycles. The fraction of sp³-hybridized carbons (Fsp3) is 0.833. The van der Waals surface area contributed by atoms with Crippen LogP contribution in [0.2, 0.25) is 0 Å². The van der Waals surface area contributed by atoms with Crippen LogP contribution in [0.25, 0.3) is 0 Å². The summed E-state index contributed by atoms with van der Waals surface area (Å²) in [6.45, 7) is 4.40. The van der Waals surface area contributed by atoms with Gasteiger partial charge < -0.3 is 10.1 Å². The highest BCUT2D eigenvalue weighted by molar-refractivity contribution is 4.82. The Morgan fingerprint density at radius 3 is 3.00 bits per heavy atom. The molecule has 1 aliphatic rings. The van der Waals surface area contributed by atoms with Gasteiger partial charge in [-0.05, 0) is 31.9 Å². The average molecular weight is 197 g/mol. The monoisotopic (exact) mass is 197 g/mol. The van der Waals surface area contributed by atoms with E-state index >= 15 is 0 Å². The van der Waals surface area contributed by atoms with Crippen molar-refractivity contribution >= 4 is 0 Å². The minimum absolute atomic E-state index is 0.408. The standard InChI is InChI=1S/C12H23NO/c1-2-3-4-6-9-13-11-12-8-5-7-10-14-12/h7,10,12-13H,2-6,8-9,11H2,1H3. The van der Waals surface area contributed by atoms with E-state index in [-0.39, 0.29) is 0 Å². The molecule has 0 saturated carbocycles. The molecule has 2 nitrogen and oxygen atoms in total. The van der Waals surface area contributed by atoms with Gasteiger partial charge in [0.15, 0.2) is 0 Å². The normalized spacial score (nSPS) is 20.8. The fourth-order valence-electron chi connectivity index (χ4n) is 1.67. The lowest BCUT2D eigenvalue weighted by Crippen LogP contribution is -2.29. The third-order valence-corrected chi connectivity index (χ3v) is 2.60. The van der Waals surface area contributed by atoms with Crippen LogP contribution in [0.5, 0.6) is 0 Å². The van der Waals surface area contributed by atoms with Crippen LogP contribution in [0.1, 0.15) is 45.4 Å². The van der Waals surface area contributed by atoms with Gasteiger partial charge in [-0.3, -0.25) is 0 Å². The van der Waals surface area contributed by atoms with Crippen LogP contribution in [-0.2, 0) is 4.74 Å². The average Bonchev–Trinajstić information content (AvgIpc) is 2.25. The molecule has 0 aliphatic carbocycles. The Hall–Kier alpha value is -0.500. The number of ether oxygens (including phenoxy) is 1. The molecule has 1 rings (SSSR count). The van der Waals surface area contributed by atoms with Crippen molar-refractivity contribution in [1.29, 1.82) is 0 Å². The highest BCUT2D eigenvalue weighted by Gasteiger charge is 2.09. The molecule has 0 radical (unpaired) electrons. The summed E-state index contributed by atoms with van der Waals surface area (Å²) in [5.74, 6) is 0. The lowest BCUT2D eigenvalue weighted by molar-refractivity contribution is 0.122. The summed E-state index contributed by atoms with van der Waals surface area (Å²) in [5, 5.41) is 3.46. The molecule has 0 aromatic carbocycles. The Bertz CT molecular complexity index is 156. The van der Waals surface area contributed by atoms with Gasteiger partial charge >= 0.3 is 0 Å². The molecule has 0 saturated heterocycles. The zero-order chi connectivity index (χ0) is 10.1. The quantitative estimate of drug-likeness (QED) is 0.634. The van der Waals surface area contributed by atoms with Gasteiger partial charge in [-0.2, -0.15) is 0 Å². The Morgan fingerprint density at radius 2 is 2.29 bits per heavy atom. The molecule has 1 unspecified atom stereocenters. The molecule has 0 spiro atoms. The number of hydrogen-bond acceptors (Lipinski definition) is 2. The molecule has 14 heavy (non-hydrogen) atoms. The third kappa shape index (κ3) is 5.28. The first kappa shape index (κ1) is 11.6. The van der Waals surface area contributed by atoms with Gasteiger partial charge in [-0.1, -0.05) is 26.2 Å². The van der Waals surface area contributed by atoms with Crippen molar-refractivity contribution in [2.45, 2.75) is 51.6 Å². The summed E-state index contributed by atoms with van der Waals surface area (Å²) in [6, 6.07) is 0. The zero-order valence-corrected chi connectivity index (χ0v) is 9.30. The zero-order valence-electron chi connectivity index (χ0n) is 9.30. The first-order valence-electron chi connectivity index (χ1n) is 5.94. The van der Waals surface area contributed by atoms with E-state index in [0.717, 1.165) is 13.1 Å². The molecule has 1 heterocycles. The van der Waals surface area contributed by atoms with Crippen LogP contribution in [0, 0.1) is 0 Å². The maximum Gasteiger partial charge on any atom is 0.110 e. The van der Waals surface area contributed by atoms with Crippen LogP contribution in [0.15, 0.2) is 12.3 Å². The van der Waals surface area contributed by atoms with E-state index in [1.165, 1.54) is 38.5 Å². The predicted octanol–water partition coefficient (Wildman–Crippen LogP) is 2.85. The SMILES string of the molecule is CCCCCCNCC1CCC=CO1.